The number of nitrogens with two attached hydrogens (primary N) is 1. The standard InChI is InChI=1S/C22H24F3N5O3S/c1-12-2-3-17(31)30(21(12)33)9-14(26)8-18(32)29-6-4-15-16(10-29)27-20(13-5-7-34-11-13)28-19(15)22(23,24)25/h5,7,11-12,14H,2-4,6,8-10,26H2,1H3/t12?,14-/m1/s1. The average Bonchev–Trinajstić information content (AvgIpc) is 3.32. The van der Waals surface area contributed by atoms with Crippen molar-refractivity contribution in [1.82, 2.24) is 19.8 Å². The van der Waals surface area contributed by atoms with Crippen LogP contribution in [-0.4, -0.2) is 56.6 Å². The minimum Gasteiger partial charge on any atom is -0.336 e. The lowest BCUT2D eigenvalue weighted by Crippen LogP contribution is -2.50. The summed E-state index contributed by atoms with van der Waals surface area (Å²) in [4.78, 5) is 47.9. The largest absolute Gasteiger partial charge is 0.433 e. The Bertz CT molecular complexity index is 1110. The number of thiophene rings is 1. The van der Waals surface area contributed by atoms with Gasteiger partial charge in [0.05, 0.1) is 12.2 Å². The molecule has 2 aliphatic heterocycles. The lowest BCUT2D eigenvalue weighted by Gasteiger charge is -2.32. The Labute approximate surface area is 198 Å². The van der Waals surface area contributed by atoms with Gasteiger partial charge in [-0.05, 0) is 24.3 Å². The molecule has 3 amide bonds. The SMILES string of the molecule is CC1CCC(=O)N(C[C@H](N)CC(=O)N2CCc3c(nc(-c4ccsc4)nc3C(F)(F)F)C2)C1=O. The highest BCUT2D eigenvalue weighted by Crippen LogP contribution is 2.35. The fourth-order valence-corrected chi connectivity index (χ4v) is 4.86. The summed E-state index contributed by atoms with van der Waals surface area (Å²) < 4.78 is 41.1. The van der Waals surface area contributed by atoms with Gasteiger partial charge in [-0.15, -0.1) is 0 Å². The number of fused-ring (bicyclic) bond motifs is 1. The number of hydrogen-bond acceptors (Lipinski definition) is 7. The summed E-state index contributed by atoms with van der Waals surface area (Å²) in [6.07, 6.45) is -4.07. The molecule has 1 unspecified atom stereocenters. The third-order valence-corrected chi connectivity index (χ3v) is 6.78. The molecule has 2 N–H and O–H groups in total. The molecular formula is C22H24F3N5O3S. The Morgan fingerprint density at radius 2 is 2.06 bits per heavy atom. The summed E-state index contributed by atoms with van der Waals surface area (Å²) in [6.45, 7) is 1.65. The summed E-state index contributed by atoms with van der Waals surface area (Å²) in [5.74, 6) is -1.29. The van der Waals surface area contributed by atoms with E-state index in [-0.39, 0.29) is 79.6 Å². The minimum absolute atomic E-state index is 0.00155. The van der Waals surface area contributed by atoms with Crippen molar-refractivity contribution in [1.29, 1.82) is 0 Å². The van der Waals surface area contributed by atoms with Crippen molar-refractivity contribution in [2.24, 2.45) is 11.7 Å². The lowest BCUT2D eigenvalue weighted by molar-refractivity contribution is -0.152. The van der Waals surface area contributed by atoms with Crippen molar-refractivity contribution in [2.45, 2.75) is 51.4 Å². The van der Waals surface area contributed by atoms with Gasteiger partial charge < -0.3 is 10.6 Å². The molecule has 8 nitrogen and oxygen atoms in total. The van der Waals surface area contributed by atoms with Crippen LogP contribution in [0.15, 0.2) is 16.8 Å². The van der Waals surface area contributed by atoms with Gasteiger partial charge >= 0.3 is 6.18 Å². The smallest absolute Gasteiger partial charge is 0.336 e. The Morgan fingerprint density at radius 3 is 2.74 bits per heavy atom. The van der Waals surface area contributed by atoms with E-state index in [1.165, 1.54) is 16.2 Å². The maximum absolute atomic E-state index is 13.7. The number of carbonyl (C=O) groups excluding carboxylic acids is 3. The maximum atomic E-state index is 13.7. The summed E-state index contributed by atoms with van der Waals surface area (Å²) in [5.41, 5.74) is 5.74. The van der Waals surface area contributed by atoms with Crippen LogP contribution in [0.4, 0.5) is 13.2 Å². The van der Waals surface area contributed by atoms with E-state index < -0.39 is 17.9 Å². The van der Waals surface area contributed by atoms with E-state index in [1.807, 2.05) is 0 Å². The number of imide groups is 1. The number of rotatable bonds is 5. The molecule has 0 bridgehead atoms. The third-order valence-electron chi connectivity index (χ3n) is 6.10. The number of hydrogen-bond donors (Lipinski definition) is 1. The quantitative estimate of drug-likeness (QED) is 0.639. The molecule has 0 aliphatic carbocycles. The van der Waals surface area contributed by atoms with E-state index in [0.29, 0.717) is 12.0 Å². The molecule has 2 atom stereocenters. The van der Waals surface area contributed by atoms with E-state index >= 15 is 0 Å². The Balaban J connectivity index is 1.49. The van der Waals surface area contributed by atoms with Crippen molar-refractivity contribution < 1.29 is 27.6 Å². The minimum atomic E-state index is -4.64. The van der Waals surface area contributed by atoms with Crippen molar-refractivity contribution in [2.75, 3.05) is 13.1 Å². The fraction of sp³-hybridized carbons (Fsp3) is 0.500. The fourth-order valence-electron chi connectivity index (χ4n) is 4.23. The molecule has 2 aromatic heterocycles. The first kappa shape index (κ1) is 24.3. The molecule has 2 aliphatic rings. The van der Waals surface area contributed by atoms with Gasteiger partial charge in [-0.1, -0.05) is 6.92 Å². The number of nitrogens with zero attached hydrogens (tertiary/aromatic N) is 4. The van der Waals surface area contributed by atoms with Crippen LogP contribution in [-0.2, 0) is 33.5 Å². The predicted molar refractivity (Wildman–Crippen MR) is 117 cm³/mol. The Hall–Kier alpha value is -2.86. The van der Waals surface area contributed by atoms with Gasteiger partial charge in [0, 0.05) is 54.4 Å². The number of alkyl halides is 3. The van der Waals surface area contributed by atoms with Crippen LogP contribution in [0.3, 0.4) is 0 Å². The van der Waals surface area contributed by atoms with Gasteiger partial charge in [0.25, 0.3) is 0 Å². The molecular weight excluding hydrogens is 471 g/mol. The van der Waals surface area contributed by atoms with Crippen LogP contribution in [0.25, 0.3) is 11.4 Å². The second-order valence-corrected chi connectivity index (χ2v) is 9.42. The molecule has 0 aromatic carbocycles. The number of halogens is 3. The van der Waals surface area contributed by atoms with Crippen molar-refractivity contribution in [3.8, 4) is 11.4 Å². The summed E-state index contributed by atoms with van der Waals surface area (Å²) >= 11 is 1.32. The summed E-state index contributed by atoms with van der Waals surface area (Å²) in [7, 11) is 0. The Kier molecular flexibility index (Phi) is 6.72. The first-order valence-electron chi connectivity index (χ1n) is 10.9. The first-order valence-corrected chi connectivity index (χ1v) is 11.9. The molecule has 182 valence electrons. The highest BCUT2D eigenvalue weighted by molar-refractivity contribution is 7.08. The number of likely N-dealkylation sites (tertiary alicyclic amines) is 1. The van der Waals surface area contributed by atoms with Crippen molar-refractivity contribution in [3.63, 3.8) is 0 Å². The van der Waals surface area contributed by atoms with Crippen LogP contribution in [0.5, 0.6) is 0 Å². The Morgan fingerprint density at radius 1 is 1.29 bits per heavy atom. The van der Waals surface area contributed by atoms with Crippen LogP contribution >= 0.6 is 11.3 Å². The monoisotopic (exact) mass is 495 g/mol. The van der Waals surface area contributed by atoms with Gasteiger partial charge in [-0.3, -0.25) is 19.3 Å². The van der Waals surface area contributed by atoms with Gasteiger partial charge in [0.2, 0.25) is 17.7 Å². The van der Waals surface area contributed by atoms with Crippen LogP contribution in [0.2, 0.25) is 0 Å². The van der Waals surface area contributed by atoms with E-state index in [9.17, 15) is 27.6 Å². The normalized spacial score (nSPS) is 19.9. The van der Waals surface area contributed by atoms with Gasteiger partial charge in [0.1, 0.15) is 0 Å². The third kappa shape index (κ3) is 4.97. The zero-order valence-corrected chi connectivity index (χ0v) is 19.3. The van der Waals surface area contributed by atoms with E-state index in [1.54, 1.807) is 23.8 Å². The molecule has 1 saturated heterocycles. The molecule has 12 heteroatoms. The molecule has 0 spiro atoms. The zero-order valence-electron chi connectivity index (χ0n) is 18.5. The topological polar surface area (TPSA) is 109 Å². The maximum Gasteiger partial charge on any atom is 0.433 e. The highest BCUT2D eigenvalue weighted by Gasteiger charge is 2.39. The molecule has 0 radical (unpaired) electrons. The van der Waals surface area contributed by atoms with E-state index in [4.69, 9.17) is 5.73 Å². The van der Waals surface area contributed by atoms with Gasteiger partial charge in [0.15, 0.2) is 11.5 Å². The van der Waals surface area contributed by atoms with Gasteiger partial charge in [-0.25, -0.2) is 9.97 Å². The van der Waals surface area contributed by atoms with Crippen LogP contribution in [0.1, 0.15) is 43.1 Å². The average molecular weight is 496 g/mol. The van der Waals surface area contributed by atoms with Gasteiger partial charge in [-0.2, -0.15) is 24.5 Å². The zero-order chi connectivity index (χ0) is 24.6. The second-order valence-electron chi connectivity index (χ2n) is 8.64. The highest BCUT2D eigenvalue weighted by atomic mass is 32.1. The van der Waals surface area contributed by atoms with Crippen LogP contribution in [0, 0.1) is 5.92 Å². The number of piperidine rings is 1. The molecule has 4 rings (SSSR count). The van der Waals surface area contributed by atoms with E-state index in [0.717, 1.165) is 4.90 Å². The molecule has 34 heavy (non-hydrogen) atoms. The molecule has 1 fully saturated rings. The van der Waals surface area contributed by atoms with E-state index in [2.05, 4.69) is 9.97 Å². The van der Waals surface area contributed by atoms with Crippen LogP contribution < -0.4 is 5.73 Å². The molecule has 4 heterocycles. The lowest BCUT2D eigenvalue weighted by atomic mass is 9.97. The summed E-state index contributed by atoms with van der Waals surface area (Å²) in [5, 5.41) is 3.39. The summed E-state index contributed by atoms with van der Waals surface area (Å²) in [6, 6.07) is 0.867. The van der Waals surface area contributed by atoms with Crippen molar-refractivity contribution in [3.05, 3.63) is 33.8 Å². The predicted octanol–water partition coefficient (Wildman–Crippen LogP) is 2.61. The molecule has 2 aromatic rings. The van der Waals surface area contributed by atoms with Crippen molar-refractivity contribution >= 4 is 29.1 Å². The number of aromatic nitrogens is 2. The number of carbonyl (C=O) groups is 3. The first-order chi connectivity index (χ1) is 16.0. The second kappa shape index (κ2) is 9.41. The molecule has 0 saturated carbocycles. The number of amides is 3.